The third kappa shape index (κ3) is 5.82. The number of sulfonamides is 1. The maximum atomic E-state index is 13.0. The molecule has 3 aromatic rings. The van der Waals surface area contributed by atoms with Crippen LogP contribution in [0.25, 0.3) is 11.4 Å². The lowest BCUT2D eigenvalue weighted by atomic mass is 10.1. The minimum absolute atomic E-state index is 0.209. The SMILES string of the molecule is CCN(CC)S(=O)(=O)c1cccc(-c2nnc(S[C@H](C)C(N)=O)n2CCc2ccccc2)c1. The Hall–Kier alpha value is -2.69. The highest BCUT2D eigenvalue weighted by Crippen LogP contribution is 2.29. The van der Waals surface area contributed by atoms with E-state index in [1.807, 2.05) is 54.8 Å². The first-order valence-corrected chi connectivity index (χ1v) is 13.1. The number of aromatic nitrogens is 3. The molecule has 1 atom stereocenters. The number of nitrogens with two attached hydrogens (primary N) is 1. The van der Waals surface area contributed by atoms with Crippen LogP contribution >= 0.6 is 11.8 Å². The second-order valence-electron chi connectivity index (χ2n) is 7.47. The first kappa shape index (κ1) is 24.9. The number of hydrogen-bond donors (Lipinski definition) is 1. The van der Waals surface area contributed by atoms with Crippen LogP contribution in [0.1, 0.15) is 26.3 Å². The maximum Gasteiger partial charge on any atom is 0.243 e. The van der Waals surface area contributed by atoms with Crippen molar-refractivity contribution >= 4 is 27.7 Å². The number of carbonyl (C=O) groups is 1. The molecule has 0 aliphatic rings. The van der Waals surface area contributed by atoms with Crippen molar-refractivity contribution in [2.45, 2.75) is 49.0 Å². The number of benzene rings is 2. The molecule has 176 valence electrons. The molecule has 1 aromatic heterocycles. The van der Waals surface area contributed by atoms with Crippen molar-refractivity contribution in [2.75, 3.05) is 13.1 Å². The Kier molecular flexibility index (Phi) is 8.28. The highest BCUT2D eigenvalue weighted by Gasteiger charge is 2.24. The van der Waals surface area contributed by atoms with Crippen LogP contribution in [-0.4, -0.2) is 51.7 Å². The molecule has 1 amide bonds. The smallest absolute Gasteiger partial charge is 0.243 e. The van der Waals surface area contributed by atoms with Crippen LogP contribution in [0.15, 0.2) is 64.6 Å². The van der Waals surface area contributed by atoms with Crippen molar-refractivity contribution in [1.82, 2.24) is 19.1 Å². The molecular weight excluding hydrogens is 458 g/mol. The topological polar surface area (TPSA) is 111 Å². The molecule has 3 rings (SSSR count). The van der Waals surface area contributed by atoms with Crippen LogP contribution in [0.2, 0.25) is 0 Å². The predicted octanol–water partition coefficient (Wildman–Crippen LogP) is 3.18. The van der Waals surface area contributed by atoms with Gasteiger partial charge >= 0.3 is 0 Å². The van der Waals surface area contributed by atoms with Gasteiger partial charge in [0.2, 0.25) is 15.9 Å². The summed E-state index contributed by atoms with van der Waals surface area (Å²) in [6.45, 7) is 6.70. The molecule has 1 heterocycles. The Labute approximate surface area is 199 Å². The molecule has 0 unspecified atom stereocenters. The fraction of sp³-hybridized carbons (Fsp3) is 0.348. The first-order chi connectivity index (χ1) is 15.8. The van der Waals surface area contributed by atoms with Gasteiger partial charge in [0.25, 0.3) is 0 Å². The number of amides is 1. The van der Waals surface area contributed by atoms with Gasteiger partial charge in [0.1, 0.15) is 0 Å². The minimum atomic E-state index is -3.61. The zero-order valence-electron chi connectivity index (χ0n) is 19.0. The van der Waals surface area contributed by atoms with E-state index in [4.69, 9.17) is 5.73 Å². The van der Waals surface area contributed by atoms with E-state index in [0.29, 0.717) is 36.2 Å². The zero-order valence-corrected chi connectivity index (χ0v) is 20.6. The lowest BCUT2D eigenvalue weighted by Crippen LogP contribution is -2.30. The summed E-state index contributed by atoms with van der Waals surface area (Å²) in [6.07, 6.45) is 0.724. The average Bonchev–Trinajstić information content (AvgIpc) is 3.21. The van der Waals surface area contributed by atoms with Gasteiger partial charge in [-0.3, -0.25) is 4.79 Å². The molecule has 0 spiro atoms. The number of thioether (sulfide) groups is 1. The molecule has 2 aromatic carbocycles. The molecular formula is C23H29N5O3S2. The third-order valence-corrected chi connectivity index (χ3v) is 8.45. The monoisotopic (exact) mass is 487 g/mol. The van der Waals surface area contributed by atoms with E-state index >= 15 is 0 Å². The second-order valence-corrected chi connectivity index (χ2v) is 10.7. The fourth-order valence-electron chi connectivity index (χ4n) is 3.40. The standard InChI is InChI=1S/C23H29N5O3S2/c1-4-27(5-2)33(30,31)20-13-9-12-19(16-20)22-25-26-23(32-17(3)21(24)29)28(22)15-14-18-10-7-6-8-11-18/h6-13,16-17H,4-5,14-15H2,1-3H3,(H2,24,29)/t17-/m1/s1. The Morgan fingerprint density at radius 2 is 1.79 bits per heavy atom. The van der Waals surface area contributed by atoms with Crippen LogP contribution in [0, 0.1) is 0 Å². The highest BCUT2D eigenvalue weighted by atomic mass is 32.2. The maximum absolute atomic E-state index is 13.0. The largest absolute Gasteiger partial charge is 0.369 e. The van der Waals surface area contributed by atoms with Gasteiger partial charge in [-0.05, 0) is 31.0 Å². The van der Waals surface area contributed by atoms with Crippen LogP contribution in [0.3, 0.4) is 0 Å². The van der Waals surface area contributed by atoms with Crippen LogP contribution in [0.5, 0.6) is 0 Å². The van der Waals surface area contributed by atoms with Crippen molar-refractivity contribution in [3.05, 3.63) is 60.2 Å². The molecule has 0 fully saturated rings. The molecule has 2 N–H and O–H groups in total. The molecule has 0 aliphatic carbocycles. The van der Waals surface area contributed by atoms with Gasteiger partial charge in [0, 0.05) is 25.2 Å². The molecule has 8 nitrogen and oxygen atoms in total. The summed E-state index contributed by atoms with van der Waals surface area (Å²) in [5.41, 5.74) is 7.24. The van der Waals surface area contributed by atoms with Gasteiger partial charge in [0.05, 0.1) is 10.1 Å². The normalized spacial score (nSPS) is 12.7. The molecule has 33 heavy (non-hydrogen) atoms. The van der Waals surface area contributed by atoms with E-state index in [1.165, 1.54) is 16.1 Å². The van der Waals surface area contributed by atoms with Crippen molar-refractivity contribution in [2.24, 2.45) is 5.73 Å². The van der Waals surface area contributed by atoms with E-state index in [2.05, 4.69) is 10.2 Å². The first-order valence-electron chi connectivity index (χ1n) is 10.8. The van der Waals surface area contributed by atoms with Gasteiger partial charge < -0.3 is 10.3 Å². The number of nitrogens with zero attached hydrogens (tertiary/aromatic N) is 4. The summed E-state index contributed by atoms with van der Waals surface area (Å²) in [4.78, 5) is 11.8. The van der Waals surface area contributed by atoms with E-state index in [-0.39, 0.29) is 4.90 Å². The molecule has 0 radical (unpaired) electrons. The quantitative estimate of drug-likeness (QED) is 0.416. The van der Waals surface area contributed by atoms with E-state index in [1.54, 1.807) is 25.1 Å². The summed E-state index contributed by atoms with van der Waals surface area (Å²) in [7, 11) is -3.61. The van der Waals surface area contributed by atoms with Crippen molar-refractivity contribution in [3.63, 3.8) is 0 Å². The second kappa shape index (κ2) is 11.0. The van der Waals surface area contributed by atoms with E-state index in [0.717, 1.165) is 12.0 Å². The van der Waals surface area contributed by atoms with E-state index < -0.39 is 21.2 Å². The number of hydrogen-bond acceptors (Lipinski definition) is 6. The lowest BCUT2D eigenvalue weighted by molar-refractivity contribution is -0.117. The summed E-state index contributed by atoms with van der Waals surface area (Å²) in [6, 6.07) is 16.8. The summed E-state index contributed by atoms with van der Waals surface area (Å²) >= 11 is 1.24. The van der Waals surface area contributed by atoms with Gasteiger partial charge in [-0.2, -0.15) is 4.31 Å². The number of aryl methyl sites for hydroxylation is 1. The molecule has 0 bridgehead atoms. The molecule has 0 saturated heterocycles. The molecule has 0 aliphatic heterocycles. The zero-order chi connectivity index (χ0) is 24.0. The van der Waals surface area contributed by atoms with Crippen LogP contribution < -0.4 is 5.73 Å². The van der Waals surface area contributed by atoms with Gasteiger partial charge in [-0.1, -0.05) is 68.1 Å². The van der Waals surface area contributed by atoms with Gasteiger partial charge in [0.15, 0.2) is 11.0 Å². The number of primary amides is 1. The Morgan fingerprint density at radius 1 is 1.09 bits per heavy atom. The Balaban J connectivity index is 2.01. The van der Waals surface area contributed by atoms with Crippen molar-refractivity contribution in [3.8, 4) is 11.4 Å². The average molecular weight is 488 g/mol. The fourth-order valence-corrected chi connectivity index (χ4v) is 5.73. The summed E-state index contributed by atoms with van der Waals surface area (Å²) < 4.78 is 29.4. The molecule has 0 saturated carbocycles. The lowest BCUT2D eigenvalue weighted by Gasteiger charge is -2.19. The predicted molar refractivity (Wildman–Crippen MR) is 130 cm³/mol. The number of carbonyl (C=O) groups excluding carboxylic acids is 1. The van der Waals surface area contributed by atoms with Crippen LogP contribution in [-0.2, 0) is 27.8 Å². The van der Waals surface area contributed by atoms with Crippen molar-refractivity contribution < 1.29 is 13.2 Å². The van der Waals surface area contributed by atoms with Gasteiger partial charge in [-0.15, -0.1) is 10.2 Å². The van der Waals surface area contributed by atoms with Gasteiger partial charge in [-0.25, -0.2) is 8.42 Å². The molecule has 10 heteroatoms. The van der Waals surface area contributed by atoms with E-state index in [9.17, 15) is 13.2 Å². The summed E-state index contributed by atoms with van der Waals surface area (Å²) in [5.74, 6) is 0.105. The minimum Gasteiger partial charge on any atom is -0.369 e. The van der Waals surface area contributed by atoms with Crippen molar-refractivity contribution in [1.29, 1.82) is 0 Å². The Bertz CT molecular complexity index is 1190. The number of rotatable bonds is 11. The van der Waals surface area contributed by atoms with Crippen LogP contribution in [0.4, 0.5) is 0 Å². The Morgan fingerprint density at radius 3 is 2.42 bits per heavy atom. The highest BCUT2D eigenvalue weighted by molar-refractivity contribution is 8.00. The third-order valence-electron chi connectivity index (χ3n) is 5.30. The summed E-state index contributed by atoms with van der Waals surface area (Å²) in [5, 5.41) is 8.73.